The zero-order chi connectivity index (χ0) is 25.8. The number of unbranched alkanes of at least 4 members (excludes halogenated alkanes) is 6. The van der Waals surface area contributed by atoms with Crippen LogP contribution in [0.25, 0.3) is 0 Å². The van der Waals surface area contributed by atoms with E-state index >= 15 is 0 Å². The van der Waals surface area contributed by atoms with E-state index in [1.807, 2.05) is 13.8 Å². The molecule has 1 aromatic carbocycles. The molecular formula is C26H37NO8. The zero-order valence-electron chi connectivity index (χ0n) is 20.8. The molecule has 9 heteroatoms. The Labute approximate surface area is 206 Å². The largest absolute Gasteiger partial charge is 0.459 e. The van der Waals surface area contributed by atoms with Gasteiger partial charge >= 0.3 is 5.97 Å². The average molecular weight is 492 g/mol. The van der Waals surface area contributed by atoms with Gasteiger partial charge in [-0.3, -0.25) is 14.9 Å². The van der Waals surface area contributed by atoms with Crippen LogP contribution in [0.3, 0.4) is 0 Å². The summed E-state index contributed by atoms with van der Waals surface area (Å²) in [5.41, 5.74) is 0.179. The number of Topliss-reactive ketones (excluding diaryl/α,β-unsaturated/α-hetero) is 1. The number of aliphatic hydroxyl groups is 1. The molecule has 0 fully saturated rings. The van der Waals surface area contributed by atoms with E-state index in [9.17, 15) is 24.8 Å². The van der Waals surface area contributed by atoms with Crippen molar-refractivity contribution in [2.24, 2.45) is 0 Å². The standard InChI is InChI=1S/C26H37NO8/c1-4-5-6-7-8-9-10-11-22(28)21-16-24(34-18(2)3)35-23(25(21)29)17-33-26(30)19-12-14-20(15-13-19)27(31)32/h12-16,18,22-24,28H,4-11,17H2,1-3H3/t22-,23-,24+/m1/s1. The smallest absolute Gasteiger partial charge is 0.338 e. The molecule has 0 aliphatic carbocycles. The number of nitrogens with zero attached hydrogens (tertiary/aromatic N) is 1. The summed E-state index contributed by atoms with van der Waals surface area (Å²) < 4.78 is 16.6. The average Bonchev–Trinajstić information content (AvgIpc) is 2.82. The van der Waals surface area contributed by atoms with Crippen LogP contribution >= 0.6 is 0 Å². The van der Waals surface area contributed by atoms with Gasteiger partial charge in [0.15, 0.2) is 18.2 Å². The number of aliphatic hydroxyl groups excluding tert-OH is 1. The van der Waals surface area contributed by atoms with Crippen LogP contribution in [0, 0.1) is 10.1 Å². The summed E-state index contributed by atoms with van der Waals surface area (Å²) in [7, 11) is 0. The Morgan fingerprint density at radius 1 is 1.11 bits per heavy atom. The predicted molar refractivity (Wildman–Crippen MR) is 130 cm³/mol. The second-order valence-electron chi connectivity index (χ2n) is 8.99. The number of nitro benzene ring substituents is 1. The van der Waals surface area contributed by atoms with E-state index in [4.69, 9.17) is 14.2 Å². The first-order chi connectivity index (χ1) is 16.7. The molecular weight excluding hydrogens is 454 g/mol. The number of benzene rings is 1. The van der Waals surface area contributed by atoms with Crippen molar-refractivity contribution in [3.63, 3.8) is 0 Å². The van der Waals surface area contributed by atoms with Crippen molar-refractivity contribution in [2.75, 3.05) is 6.61 Å². The highest BCUT2D eigenvalue weighted by atomic mass is 16.7. The van der Waals surface area contributed by atoms with Gasteiger partial charge in [-0.15, -0.1) is 0 Å². The molecule has 1 aliphatic heterocycles. The third kappa shape index (κ3) is 9.51. The lowest BCUT2D eigenvalue weighted by atomic mass is 9.94. The maximum Gasteiger partial charge on any atom is 0.338 e. The van der Waals surface area contributed by atoms with Crippen LogP contribution in [-0.4, -0.2) is 53.0 Å². The van der Waals surface area contributed by atoms with Crippen LogP contribution in [0.1, 0.15) is 82.5 Å². The highest BCUT2D eigenvalue weighted by molar-refractivity contribution is 6.00. The highest BCUT2D eigenvalue weighted by Gasteiger charge is 2.35. The first-order valence-electron chi connectivity index (χ1n) is 12.4. The maximum atomic E-state index is 13.0. The van der Waals surface area contributed by atoms with Gasteiger partial charge < -0.3 is 19.3 Å². The highest BCUT2D eigenvalue weighted by Crippen LogP contribution is 2.24. The van der Waals surface area contributed by atoms with Crippen LogP contribution < -0.4 is 0 Å². The Morgan fingerprint density at radius 2 is 1.74 bits per heavy atom. The lowest BCUT2D eigenvalue weighted by Gasteiger charge is -2.30. The Balaban J connectivity index is 1.96. The molecule has 35 heavy (non-hydrogen) atoms. The van der Waals surface area contributed by atoms with E-state index in [2.05, 4.69) is 6.92 Å². The molecule has 0 aromatic heterocycles. The molecule has 0 saturated carbocycles. The second-order valence-corrected chi connectivity index (χ2v) is 8.99. The van der Waals surface area contributed by atoms with E-state index in [0.29, 0.717) is 6.42 Å². The molecule has 0 saturated heterocycles. The summed E-state index contributed by atoms with van der Waals surface area (Å²) in [6.07, 6.45) is 6.55. The van der Waals surface area contributed by atoms with Crippen LogP contribution in [-0.2, 0) is 19.0 Å². The van der Waals surface area contributed by atoms with Gasteiger partial charge in [-0.1, -0.05) is 51.9 Å². The topological polar surface area (TPSA) is 125 Å². The molecule has 1 N–H and O–H groups in total. The number of ether oxygens (including phenoxy) is 3. The van der Waals surface area contributed by atoms with Crippen molar-refractivity contribution in [2.45, 2.75) is 96.7 Å². The molecule has 0 bridgehead atoms. The first kappa shape index (κ1) is 28.6. The van der Waals surface area contributed by atoms with E-state index in [1.165, 1.54) is 56.0 Å². The van der Waals surface area contributed by atoms with Gasteiger partial charge in [-0.05, 0) is 38.5 Å². The van der Waals surface area contributed by atoms with E-state index < -0.39 is 35.2 Å². The van der Waals surface area contributed by atoms with Crippen molar-refractivity contribution in [3.8, 4) is 0 Å². The maximum absolute atomic E-state index is 13.0. The lowest BCUT2D eigenvalue weighted by molar-refractivity contribution is -0.384. The molecule has 3 atom stereocenters. The number of rotatable bonds is 15. The molecule has 9 nitrogen and oxygen atoms in total. The minimum absolute atomic E-state index is 0.114. The summed E-state index contributed by atoms with van der Waals surface area (Å²) >= 11 is 0. The fourth-order valence-corrected chi connectivity index (χ4v) is 3.81. The van der Waals surface area contributed by atoms with Crippen molar-refractivity contribution in [3.05, 3.63) is 51.6 Å². The van der Waals surface area contributed by atoms with Gasteiger partial charge in [0.2, 0.25) is 0 Å². The molecule has 0 spiro atoms. The Kier molecular flexibility index (Phi) is 12.0. The zero-order valence-corrected chi connectivity index (χ0v) is 20.8. The Morgan fingerprint density at radius 3 is 2.34 bits per heavy atom. The number of carbonyl (C=O) groups is 2. The van der Waals surface area contributed by atoms with Gasteiger partial charge in [0.05, 0.1) is 22.7 Å². The van der Waals surface area contributed by atoms with E-state index in [0.717, 1.165) is 19.3 Å². The number of hydrogen-bond acceptors (Lipinski definition) is 8. The normalized spacial score (nSPS) is 18.9. The van der Waals surface area contributed by atoms with Crippen LogP contribution in [0.15, 0.2) is 35.9 Å². The number of esters is 1. The van der Waals surface area contributed by atoms with E-state index in [1.54, 1.807) is 0 Å². The van der Waals surface area contributed by atoms with Gasteiger partial charge in [0.1, 0.15) is 6.61 Å². The molecule has 1 heterocycles. The molecule has 0 radical (unpaired) electrons. The number of hydrogen-bond donors (Lipinski definition) is 1. The fourth-order valence-electron chi connectivity index (χ4n) is 3.81. The van der Waals surface area contributed by atoms with Gasteiger partial charge in [-0.2, -0.15) is 0 Å². The Hall–Kier alpha value is -2.62. The Bertz CT molecular complexity index is 865. The number of ketones is 1. The minimum Gasteiger partial charge on any atom is -0.459 e. The summed E-state index contributed by atoms with van der Waals surface area (Å²) in [5.74, 6) is -1.18. The van der Waals surface area contributed by atoms with Crippen molar-refractivity contribution < 1.29 is 33.8 Å². The van der Waals surface area contributed by atoms with Crippen molar-refractivity contribution in [1.82, 2.24) is 0 Å². The number of nitro groups is 1. The fraction of sp³-hybridized carbons (Fsp3) is 0.615. The SMILES string of the molecule is CCCCCCCCC[C@@H](O)C1=C[C@@H](OC(C)C)O[C@H](COC(=O)c2ccc([N+](=O)[O-])cc2)C1=O. The molecule has 1 aliphatic rings. The molecule has 0 unspecified atom stereocenters. The number of carbonyl (C=O) groups excluding carboxylic acids is 2. The lowest BCUT2D eigenvalue weighted by Crippen LogP contribution is -2.43. The van der Waals surface area contributed by atoms with Crippen molar-refractivity contribution in [1.29, 1.82) is 0 Å². The van der Waals surface area contributed by atoms with Crippen LogP contribution in [0.5, 0.6) is 0 Å². The minimum atomic E-state index is -1.12. The summed E-state index contributed by atoms with van der Waals surface area (Å²) in [5, 5.41) is 21.5. The molecule has 2 rings (SSSR count). The van der Waals surface area contributed by atoms with Crippen LogP contribution in [0.2, 0.25) is 0 Å². The monoisotopic (exact) mass is 491 g/mol. The first-order valence-corrected chi connectivity index (χ1v) is 12.4. The second kappa shape index (κ2) is 14.7. The van der Waals surface area contributed by atoms with Gasteiger partial charge in [0.25, 0.3) is 5.69 Å². The van der Waals surface area contributed by atoms with E-state index in [-0.39, 0.29) is 29.5 Å². The summed E-state index contributed by atoms with van der Waals surface area (Å²) in [6, 6.07) is 4.97. The predicted octanol–water partition coefficient (Wildman–Crippen LogP) is 4.90. The quantitative estimate of drug-likeness (QED) is 0.159. The van der Waals surface area contributed by atoms with Crippen LogP contribution in [0.4, 0.5) is 5.69 Å². The van der Waals surface area contributed by atoms with Gasteiger partial charge in [0, 0.05) is 17.7 Å². The van der Waals surface area contributed by atoms with Crippen molar-refractivity contribution >= 4 is 17.4 Å². The third-order valence-electron chi connectivity index (χ3n) is 5.72. The molecule has 194 valence electrons. The number of non-ortho nitro benzene ring substituents is 1. The third-order valence-corrected chi connectivity index (χ3v) is 5.72. The molecule has 1 aromatic rings. The summed E-state index contributed by atoms with van der Waals surface area (Å²) in [4.78, 5) is 35.6. The molecule has 0 amide bonds. The van der Waals surface area contributed by atoms with Gasteiger partial charge in [-0.25, -0.2) is 4.79 Å². The summed E-state index contributed by atoms with van der Waals surface area (Å²) in [6.45, 7) is 5.46.